The smallest absolute Gasteiger partial charge is 0.234 e. The highest BCUT2D eigenvalue weighted by Gasteiger charge is 2.43. The molecule has 0 bridgehead atoms. The van der Waals surface area contributed by atoms with Gasteiger partial charge in [-0.05, 0) is 57.9 Å². The average Bonchev–Trinajstić information content (AvgIpc) is 2.59. The lowest BCUT2D eigenvalue weighted by Gasteiger charge is -2.36. The minimum absolute atomic E-state index is 0.357. The van der Waals surface area contributed by atoms with Gasteiger partial charge in [0.15, 0.2) is 0 Å². The Morgan fingerprint density at radius 3 is 2.23 bits per heavy atom. The summed E-state index contributed by atoms with van der Waals surface area (Å²) in [5, 5.41) is 0.526. The minimum atomic E-state index is -1.07. The van der Waals surface area contributed by atoms with Gasteiger partial charge in [0.2, 0.25) is 5.91 Å². The molecular weight excluding hydrogens is 346 g/mol. The Morgan fingerprint density at radius 1 is 1.12 bits per heavy atom. The maximum Gasteiger partial charge on any atom is 0.234 e. The molecule has 0 saturated heterocycles. The summed E-state index contributed by atoms with van der Waals surface area (Å²) in [5.41, 5.74) is 6.26. The van der Waals surface area contributed by atoms with Crippen molar-refractivity contribution in [2.45, 2.75) is 51.6 Å². The largest absolute Gasteiger partial charge is 0.369 e. The van der Waals surface area contributed by atoms with E-state index in [1.54, 1.807) is 12.3 Å². The number of carbonyl (C=O) groups excluding carboxylic acids is 1. The van der Waals surface area contributed by atoms with E-state index in [0.29, 0.717) is 41.3 Å². The van der Waals surface area contributed by atoms with Gasteiger partial charge in [-0.2, -0.15) is 0 Å². The maximum absolute atomic E-state index is 12.8. The van der Waals surface area contributed by atoms with Crippen LogP contribution in [-0.4, -0.2) is 34.4 Å². The second-order valence-corrected chi connectivity index (χ2v) is 7.55. The highest BCUT2D eigenvalue weighted by molar-refractivity contribution is 6.31. The molecule has 1 amide bonds. The van der Waals surface area contributed by atoms with Gasteiger partial charge in [-0.1, -0.05) is 35.9 Å². The van der Waals surface area contributed by atoms with Gasteiger partial charge in [0.25, 0.3) is 0 Å². The Morgan fingerprint density at radius 2 is 1.73 bits per heavy atom. The zero-order chi connectivity index (χ0) is 19.3. The van der Waals surface area contributed by atoms with Crippen molar-refractivity contribution in [1.82, 2.24) is 9.88 Å². The third kappa shape index (κ3) is 4.08. The number of halogens is 1. The quantitative estimate of drug-likeness (QED) is 0.760. The number of carbonyl (C=O) groups is 1. The Bertz CT molecular complexity index is 725. The summed E-state index contributed by atoms with van der Waals surface area (Å²) in [6, 6.07) is 13.7. The molecular formula is C21H28ClN3O. The summed E-state index contributed by atoms with van der Waals surface area (Å²) < 4.78 is 0. The molecule has 1 aromatic carbocycles. The van der Waals surface area contributed by atoms with Crippen LogP contribution < -0.4 is 5.73 Å². The summed E-state index contributed by atoms with van der Waals surface area (Å²) >= 11 is 6.49. The first-order valence-corrected chi connectivity index (χ1v) is 9.40. The fourth-order valence-corrected chi connectivity index (χ4v) is 3.91. The number of amides is 1. The van der Waals surface area contributed by atoms with Crippen LogP contribution in [0.5, 0.6) is 0 Å². The molecule has 5 heteroatoms. The first kappa shape index (κ1) is 20.4. The molecule has 1 unspecified atom stereocenters. The molecule has 0 aliphatic carbocycles. The van der Waals surface area contributed by atoms with Gasteiger partial charge < -0.3 is 5.73 Å². The van der Waals surface area contributed by atoms with E-state index in [-0.39, 0.29) is 0 Å². The first-order chi connectivity index (χ1) is 12.3. The number of pyridine rings is 1. The lowest BCUT2D eigenvalue weighted by atomic mass is 9.73. The SMILES string of the molecule is CC(C)N(CCC(C(N)=O)(c1ccccn1)c1ccccc1Cl)C(C)C. The van der Waals surface area contributed by atoms with Crippen molar-refractivity contribution in [3.63, 3.8) is 0 Å². The predicted molar refractivity (Wildman–Crippen MR) is 107 cm³/mol. The number of primary amides is 1. The molecule has 4 nitrogen and oxygen atoms in total. The molecule has 0 fully saturated rings. The molecule has 1 heterocycles. The van der Waals surface area contributed by atoms with E-state index < -0.39 is 11.3 Å². The zero-order valence-corrected chi connectivity index (χ0v) is 16.7. The van der Waals surface area contributed by atoms with Crippen LogP contribution in [0.3, 0.4) is 0 Å². The lowest BCUT2D eigenvalue weighted by Crippen LogP contribution is -2.47. The van der Waals surface area contributed by atoms with E-state index in [0.717, 1.165) is 0 Å². The van der Waals surface area contributed by atoms with Crippen molar-refractivity contribution < 1.29 is 4.79 Å². The van der Waals surface area contributed by atoms with Crippen LogP contribution in [0.15, 0.2) is 48.7 Å². The number of rotatable bonds is 8. The van der Waals surface area contributed by atoms with Crippen LogP contribution in [0, 0.1) is 0 Å². The molecule has 26 heavy (non-hydrogen) atoms. The Labute approximate surface area is 161 Å². The fraction of sp³-hybridized carbons (Fsp3) is 0.429. The molecule has 140 valence electrons. The van der Waals surface area contributed by atoms with Crippen LogP contribution >= 0.6 is 11.6 Å². The van der Waals surface area contributed by atoms with Crippen molar-refractivity contribution in [3.8, 4) is 0 Å². The van der Waals surface area contributed by atoms with E-state index in [1.165, 1.54) is 0 Å². The van der Waals surface area contributed by atoms with Crippen molar-refractivity contribution in [2.75, 3.05) is 6.54 Å². The van der Waals surface area contributed by atoms with Gasteiger partial charge in [-0.15, -0.1) is 0 Å². The van der Waals surface area contributed by atoms with E-state index in [4.69, 9.17) is 17.3 Å². The van der Waals surface area contributed by atoms with Gasteiger partial charge in [-0.25, -0.2) is 0 Å². The average molecular weight is 374 g/mol. The summed E-state index contributed by atoms with van der Waals surface area (Å²) in [5.74, 6) is -0.434. The van der Waals surface area contributed by atoms with Crippen LogP contribution in [0.4, 0.5) is 0 Å². The third-order valence-electron chi connectivity index (χ3n) is 4.93. The van der Waals surface area contributed by atoms with Gasteiger partial charge in [0.05, 0.1) is 5.69 Å². The van der Waals surface area contributed by atoms with E-state index >= 15 is 0 Å². The topological polar surface area (TPSA) is 59.2 Å². The molecule has 1 aromatic heterocycles. The Balaban J connectivity index is 2.58. The number of hydrogen-bond donors (Lipinski definition) is 1. The van der Waals surface area contributed by atoms with Crippen molar-refractivity contribution in [1.29, 1.82) is 0 Å². The number of hydrogen-bond acceptors (Lipinski definition) is 3. The molecule has 0 aliphatic rings. The van der Waals surface area contributed by atoms with E-state index in [9.17, 15) is 4.79 Å². The van der Waals surface area contributed by atoms with Crippen LogP contribution in [0.25, 0.3) is 0 Å². The van der Waals surface area contributed by atoms with Crippen LogP contribution in [-0.2, 0) is 10.2 Å². The molecule has 2 N–H and O–H groups in total. The van der Waals surface area contributed by atoms with Crippen molar-refractivity contribution in [3.05, 3.63) is 64.9 Å². The third-order valence-corrected chi connectivity index (χ3v) is 5.26. The van der Waals surface area contributed by atoms with E-state index in [1.807, 2.05) is 36.4 Å². The van der Waals surface area contributed by atoms with Gasteiger partial charge >= 0.3 is 0 Å². The normalized spacial score (nSPS) is 14.0. The number of nitrogens with two attached hydrogens (primary N) is 1. The molecule has 0 spiro atoms. The number of nitrogens with zero attached hydrogens (tertiary/aromatic N) is 2. The van der Waals surface area contributed by atoms with Crippen LogP contribution in [0.2, 0.25) is 5.02 Å². The predicted octanol–water partition coefficient (Wildman–Crippen LogP) is 4.02. The van der Waals surface area contributed by atoms with Gasteiger partial charge in [-0.3, -0.25) is 14.7 Å². The standard InChI is InChI=1S/C21H28ClN3O/c1-15(2)25(16(3)4)14-12-21(20(23)26,19-11-7-8-13-24-19)17-9-5-6-10-18(17)22/h5-11,13,15-16H,12,14H2,1-4H3,(H2,23,26). The molecule has 0 saturated carbocycles. The molecule has 2 aromatic rings. The Hall–Kier alpha value is -1.91. The fourth-order valence-electron chi connectivity index (χ4n) is 3.61. The molecule has 1 atom stereocenters. The van der Waals surface area contributed by atoms with Crippen molar-refractivity contribution in [2.24, 2.45) is 5.73 Å². The second-order valence-electron chi connectivity index (χ2n) is 7.14. The highest BCUT2D eigenvalue weighted by atomic mass is 35.5. The maximum atomic E-state index is 12.8. The Kier molecular flexibility index (Phi) is 6.79. The van der Waals surface area contributed by atoms with Gasteiger partial charge in [0, 0.05) is 29.8 Å². The van der Waals surface area contributed by atoms with Gasteiger partial charge in [0.1, 0.15) is 5.41 Å². The summed E-state index contributed by atoms with van der Waals surface area (Å²) in [6.07, 6.45) is 2.20. The van der Waals surface area contributed by atoms with Crippen LogP contribution in [0.1, 0.15) is 45.4 Å². The summed E-state index contributed by atoms with van der Waals surface area (Å²) in [6.45, 7) is 9.33. The lowest BCUT2D eigenvalue weighted by molar-refractivity contribution is -0.122. The number of aromatic nitrogens is 1. The van der Waals surface area contributed by atoms with E-state index in [2.05, 4.69) is 37.6 Å². The monoisotopic (exact) mass is 373 g/mol. The molecule has 0 radical (unpaired) electrons. The highest BCUT2D eigenvalue weighted by Crippen LogP contribution is 2.38. The first-order valence-electron chi connectivity index (χ1n) is 9.03. The van der Waals surface area contributed by atoms with Crippen molar-refractivity contribution >= 4 is 17.5 Å². The minimum Gasteiger partial charge on any atom is -0.369 e. The molecule has 0 aliphatic heterocycles. The summed E-state index contributed by atoms with van der Waals surface area (Å²) in [4.78, 5) is 19.7. The second kappa shape index (κ2) is 8.65. The number of benzene rings is 1. The molecule has 2 rings (SSSR count). The summed E-state index contributed by atoms with van der Waals surface area (Å²) in [7, 11) is 0. The zero-order valence-electron chi connectivity index (χ0n) is 15.9.